The minimum Gasteiger partial charge on any atom is -0.469 e. The highest BCUT2D eigenvalue weighted by molar-refractivity contribution is 5.69. The highest BCUT2D eigenvalue weighted by Gasteiger charge is 2.14. The first-order valence-electron chi connectivity index (χ1n) is 4.03. The summed E-state index contributed by atoms with van der Waals surface area (Å²) in [5.74, 6) is -0.453. The number of hydrogen-bond acceptors (Lipinski definition) is 4. The minimum atomic E-state index is -0.799. The first-order chi connectivity index (χ1) is 5.60. The minimum absolute atomic E-state index is 0.0481. The van der Waals surface area contributed by atoms with E-state index in [0.717, 1.165) is 0 Å². The molecule has 0 aromatic rings. The van der Waals surface area contributed by atoms with Gasteiger partial charge in [-0.3, -0.25) is 4.79 Å². The van der Waals surface area contributed by atoms with E-state index in [1.165, 1.54) is 7.11 Å². The number of aliphatic hydroxyl groups is 2. The van der Waals surface area contributed by atoms with Gasteiger partial charge in [0, 0.05) is 0 Å². The molecular formula is C8H16O4. The lowest BCUT2D eigenvalue weighted by molar-refractivity contribution is -0.143. The third-order valence-corrected chi connectivity index (χ3v) is 1.65. The van der Waals surface area contributed by atoms with Gasteiger partial charge in [0.25, 0.3) is 0 Å². The van der Waals surface area contributed by atoms with Crippen molar-refractivity contribution in [2.75, 3.05) is 7.11 Å². The van der Waals surface area contributed by atoms with Crippen molar-refractivity contribution in [2.45, 2.75) is 38.4 Å². The van der Waals surface area contributed by atoms with Crippen molar-refractivity contribution in [3.05, 3.63) is 0 Å². The summed E-state index contributed by atoms with van der Waals surface area (Å²) in [5, 5.41) is 18.3. The van der Waals surface area contributed by atoms with Gasteiger partial charge in [-0.2, -0.15) is 0 Å². The summed E-state index contributed by atoms with van der Waals surface area (Å²) >= 11 is 0. The van der Waals surface area contributed by atoms with Gasteiger partial charge < -0.3 is 14.9 Å². The normalized spacial score (nSPS) is 15.3. The summed E-state index contributed by atoms with van der Waals surface area (Å²) in [6, 6.07) is 0. The Morgan fingerprint density at radius 1 is 1.42 bits per heavy atom. The van der Waals surface area contributed by atoms with E-state index in [1.54, 1.807) is 0 Å². The first kappa shape index (κ1) is 11.4. The van der Waals surface area contributed by atoms with Crippen LogP contribution in [0.15, 0.2) is 0 Å². The fraction of sp³-hybridized carbons (Fsp3) is 0.875. The number of aliphatic hydroxyl groups excluding tert-OH is 2. The van der Waals surface area contributed by atoms with Crippen molar-refractivity contribution in [1.82, 2.24) is 0 Å². The van der Waals surface area contributed by atoms with Crippen LogP contribution in [0.3, 0.4) is 0 Å². The molecule has 0 amide bonds. The molecule has 0 saturated carbocycles. The number of carbonyl (C=O) groups excluding carboxylic acids is 1. The molecule has 0 radical (unpaired) electrons. The number of ether oxygens (including phenoxy) is 1. The van der Waals surface area contributed by atoms with Gasteiger partial charge in [-0.15, -0.1) is 0 Å². The predicted octanol–water partition coefficient (Wildman–Crippen LogP) is 0.0714. The van der Waals surface area contributed by atoms with Crippen LogP contribution in [0.5, 0.6) is 0 Å². The van der Waals surface area contributed by atoms with E-state index in [2.05, 4.69) is 4.74 Å². The zero-order valence-electron chi connectivity index (χ0n) is 7.49. The molecule has 0 aromatic carbocycles. The number of rotatable bonds is 5. The summed E-state index contributed by atoms with van der Waals surface area (Å²) in [5.41, 5.74) is 0. The Hall–Kier alpha value is -0.610. The topological polar surface area (TPSA) is 66.8 Å². The maximum absolute atomic E-state index is 10.6. The molecule has 0 aliphatic heterocycles. The SMILES string of the molecule is CC[C@H](O)C[C@@H](O)CC(=O)OC. The zero-order chi connectivity index (χ0) is 9.56. The van der Waals surface area contributed by atoms with E-state index in [-0.39, 0.29) is 12.8 Å². The van der Waals surface area contributed by atoms with Crippen molar-refractivity contribution in [2.24, 2.45) is 0 Å². The van der Waals surface area contributed by atoms with E-state index in [4.69, 9.17) is 5.11 Å². The molecule has 4 heteroatoms. The van der Waals surface area contributed by atoms with Gasteiger partial charge in [0.05, 0.1) is 25.7 Å². The average molecular weight is 176 g/mol. The fourth-order valence-electron chi connectivity index (χ4n) is 0.840. The van der Waals surface area contributed by atoms with Crippen molar-refractivity contribution < 1.29 is 19.7 Å². The molecule has 0 unspecified atom stereocenters. The van der Waals surface area contributed by atoms with E-state index in [9.17, 15) is 9.90 Å². The van der Waals surface area contributed by atoms with Gasteiger partial charge in [0.15, 0.2) is 0 Å². The van der Waals surface area contributed by atoms with Gasteiger partial charge >= 0.3 is 5.97 Å². The lowest BCUT2D eigenvalue weighted by atomic mass is 10.1. The van der Waals surface area contributed by atoms with Crippen molar-refractivity contribution in [1.29, 1.82) is 0 Å². The molecule has 0 bridgehead atoms. The molecule has 12 heavy (non-hydrogen) atoms. The smallest absolute Gasteiger partial charge is 0.308 e. The summed E-state index contributed by atoms with van der Waals surface area (Å²) in [6.07, 6.45) is -0.575. The Morgan fingerprint density at radius 2 is 2.00 bits per heavy atom. The van der Waals surface area contributed by atoms with Crippen LogP contribution in [0.4, 0.5) is 0 Å². The quantitative estimate of drug-likeness (QED) is 0.582. The van der Waals surface area contributed by atoms with Crippen LogP contribution in [0.1, 0.15) is 26.2 Å². The number of methoxy groups -OCH3 is 1. The second kappa shape index (κ2) is 5.97. The van der Waals surface area contributed by atoms with E-state index < -0.39 is 18.2 Å². The Bertz CT molecular complexity index is 135. The third kappa shape index (κ3) is 5.09. The monoisotopic (exact) mass is 176 g/mol. The van der Waals surface area contributed by atoms with Crippen LogP contribution in [-0.2, 0) is 9.53 Å². The molecule has 0 aliphatic carbocycles. The Balaban J connectivity index is 3.58. The molecule has 0 aromatic heterocycles. The van der Waals surface area contributed by atoms with Crippen LogP contribution in [0.25, 0.3) is 0 Å². The lowest BCUT2D eigenvalue weighted by Crippen LogP contribution is -2.20. The summed E-state index contributed by atoms with van der Waals surface area (Å²) in [4.78, 5) is 10.6. The third-order valence-electron chi connectivity index (χ3n) is 1.65. The summed E-state index contributed by atoms with van der Waals surface area (Å²) in [7, 11) is 1.27. The Labute approximate surface area is 72.2 Å². The second-order valence-electron chi connectivity index (χ2n) is 2.73. The molecular weight excluding hydrogens is 160 g/mol. The Morgan fingerprint density at radius 3 is 2.42 bits per heavy atom. The molecule has 2 N–H and O–H groups in total. The van der Waals surface area contributed by atoms with Crippen LogP contribution in [-0.4, -0.2) is 35.5 Å². The van der Waals surface area contributed by atoms with Gasteiger partial charge in [-0.05, 0) is 12.8 Å². The fourth-order valence-corrected chi connectivity index (χ4v) is 0.840. The zero-order valence-corrected chi connectivity index (χ0v) is 7.49. The van der Waals surface area contributed by atoms with E-state index >= 15 is 0 Å². The molecule has 0 rings (SSSR count). The van der Waals surface area contributed by atoms with Crippen molar-refractivity contribution >= 4 is 5.97 Å². The molecule has 0 spiro atoms. The second-order valence-corrected chi connectivity index (χ2v) is 2.73. The highest BCUT2D eigenvalue weighted by atomic mass is 16.5. The van der Waals surface area contributed by atoms with Gasteiger partial charge in [0.2, 0.25) is 0 Å². The summed E-state index contributed by atoms with van der Waals surface area (Å²) < 4.78 is 4.36. The molecule has 72 valence electrons. The number of esters is 1. The number of carbonyl (C=O) groups is 1. The molecule has 0 fully saturated rings. The van der Waals surface area contributed by atoms with Crippen LogP contribution in [0, 0.1) is 0 Å². The van der Waals surface area contributed by atoms with Crippen molar-refractivity contribution in [3.63, 3.8) is 0 Å². The maximum Gasteiger partial charge on any atom is 0.308 e. The maximum atomic E-state index is 10.6. The number of hydrogen-bond donors (Lipinski definition) is 2. The molecule has 4 nitrogen and oxygen atoms in total. The van der Waals surface area contributed by atoms with Crippen LogP contribution < -0.4 is 0 Å². The molecule has 0 saturated heterocycles. The standard InChI is InChI=1S/C8H16O4/c1-3-6(9)4-7(10)5-8(11)12-2/h6-7,9-10H,3-5H2,1-2H3/t6-,7+/m0/s1. The highest BCUT2D eigenvalue weighted by Crippen LogP contribution is 2.05. The van der Waals surface area contributed by atoms with Gasteiger partial charge in [-0.25, -0.2) is 0 Å². The largest absolute Gasteiger partial charge is 0.469 e. The first-order valence-corrected chi connectivity index (χ1v) is 4.03. The summed E-state index contributed by atoms with van der Waals surface area (Å²) in [6.45, 7) is 1.82. The van der Waals surface area contributed by atoms with E-state index in [1.807, 2.05) is 6.92 Å². The molecule has 0 aliphatic rings. The lowest BCUT2D eigenvalue weighted by Gasteiger charge is -2.12. The van der Waals surface area contributed by atoms with Gasteiger partial charge in [0.1, 0.15) is 0 Å². The van der Waals surface area contributed by atoms with Crippen molar-refractivity contribution in [3.8, 4) is 0 Å². The van der Waals surface area contributed by atoms with Crippen LogP contribution >= 0.6 is 0 Å². The molecule has 0 heterocycles. The van der Waals surface area contributed by atoms with Crippen LogP contribution in [0.2, 0.25) is 0 Å². The van der Waals surface area contributed by atoms with Gasteiger partial charge in [-0.1, -0.05) is 6.92 Å². The molecule has 2 atom stereocenters. The Kier molecular flexibility index (Phi) is 5.66. The average Bonchev–Trinajstić information content (AvgIpc) is 2.03. The van der Waals surface area contributed by atoms with E-state index in [0.29, 0.717) is 6.42 Å². The predicted molar refractivity (Wildman–Crippen MR) is 43.6 cm³/mol.